The van der Waals surface area contributed by atoms with E-state index in [2.05, 4.69) is 15.2 Å². The Balaban J connectivity index is 1.22. The molecule has 4 aliphatic rings. The molecule has 1 saturated carbocycles. The van der Waals surface area contributed by atoms with Gasteiger partial charge in [-0.05, 0) is 18.6 Å². The summed E-state index contributed by atoms with van der Waals surface area (Å²) in [5, 5.41) is 48.6. The minimum Gasteiger partial charge on any atom is -0.504 e. The van der Waals surface area contributed by atoms with E-state index in [1.54, 1.807) is 0 Å². The van der Waals surface area contributed by atoms with Crippen LogP contribution >= 0.6 is 34.7 Å². The second-order valence-corrected chi connectivity index (χ2v) is 14.4. The summed E-state index contributed by atoms with van der Waals surface area (Å²) < 4.78 is 0. The van der Waals surface area contributed by atoms with Gasteiger partial charge in [-0.2, -0.15) is 5.10 Å². The van der Waals surface area contributed by atoms with Gasteiger partial charge in [-0.3, -0.25) is 19.3 Å². The van der Waals surface area contributed by atoms with Crippen LogP contribution in [-0.4, -0.2) is 123 Å². The second kappa shape index (κ2) is 12.6. The van der Waals surface area contributed by atoms with Crippen LogP contribution in [0.15, 0.2) is 27.8 Å². The summed E-state index contributed by atoms with van der Waals surface area (Å²) in [5.41, 5.74) is 8.51. The Kier molecular flexibility index (Phi) is 8.76. The number of hydrogen-bond acceptors (Lipinski definition) is 15. The first-order valence-electron chi connectivity index (χ1n) is 14.7. The van der Waals surface area contributed by atoms with Gasteiger partial charge < -0.3 is 41.6 Å². The number of carbonyl (C=O) groups is 6. The molecule has 6 rings (SSSR count). The number of phenols is 2. The SMILES string of the molecule is NC(=O)/C(=N\N1CCN([C@]2(C(=O)O)CN3C(=O)C(CC(=O)/C(=N\OC4(C(=O)O)CCC4)c4csc(N)n4)[C@H]3S2)C1=O)c1ccc(O)c(O)c1Cl. The Labute approximate surface area is 294 Å². The molecule has 264 valence electrons. The fourth-order valence-electron chi connectivity index (χ4n) is 5.90. The molecular weight excluding hydrogens is 724 g/mol. The smallest absolute Gasteiger partial charge is 0.350 e. The van der Waals surface area contributed by atoms with Gasteiger partial charge in [0.2, 0.25) is 16.4 Å². The number of rotatable bonds is 12. The third-order valence-corrected chi connectivity index (χ3v) is 11.6. The number of hydrogen-bond donors (Lipinski definition) is 6. The van der Waals surface area contributed by atoms with Crippen LogP contribution in [0.1, 0.15) is 36.9 Å². The molecule has 0 spiro atoms. The normalized spacial score (nSPS) is 24.5. The molecule has 8 N–H and O–H groups in total. The number of benzene rings is 1. The number of carbonyl (C=O) groups excluding carboxylic acids is 4. The molecule has 4 amide bonds. The number of thiazole rings is 1. The summed E-state index contributed by atoms with van der Waals surface area (Å²) in [5.74, 6) is -7.51. The summed E-state index contributed by atoms with van der Waals surface area (Å²) in [6.07, 6.45) is 0.469. The maximum atomic E-state index is 13.6. The van der Waals surface area contributed by atoms with Gasteiger partial charge in [0, 0.05) is 36.8 Å². The van der Waals surface area contributed by atoms with Crippen LogP contribution in [0.5, 0.6) is 11.5 Å². The van der Waals surface area contributed by atoms with Gasteiger partial charge in [0.25, 0.3) is 5.91 Å². The number of anilines is 1. The maximum absolute atomic E-state index is 13.6. The number of amides is 4. The Hall–Kier alpha value is -5.15. The van der Waals surface area contributed by atoms with Crippen molar-refractivity contribution in [1.82, 2.24) is 19.8 Å². The number of carboxylic acids is 2. The van der Waals surface area contributed by atoms with Crippen LogP contribution < -0.4 is 11.5 Å². The van der Waals surface area contributed by atoms with E-state index < -0.39 is 92.5 Å². The van der Waals surface area contributed by atoms with E-state index in [0.717, 1.165) is 45.1 Å². The van der Waals surface area contributed by atoms with E-state index in [0.29, 0.717) is 6.42 Å². The molecule has 4 fully saturated rings. The van der Waals surface area contributed by atoms with Gasteiger partial charge in [0.15, 0.2) is 33.8 Å². The molecule has 22 heteroatoms. The molecule has 1 aliphatic carbocycles. The molecule has 19 nitrogen and oxygen atoms in total. The quantitative estimate of drug-likeness (QED) is 0.0742. The third kappa shape index (κ3) is 5.59. The topological polar surface area (TPSA) is 292 Å². The highest BCUT2D eigenvalue weighted by atomic mass is 35.5. The number of primary amides is 1. The van der Waals surface area contributed by atoms with Crippen LogP contribution in [0.25, 0.3) is 0 Å². The highest BCUT2D eigenvalue weighted by Crippen LogP contribution is 2.53. The number of β-lactam (4-membered cyclic amide) rings is 1. The second-order valence-electron chi connectivity index (χ2n) is 11.7. The Morgan fingerprint density at radius 1 is 1.10 bits per heavy atom. The zero-order chi connectivity index (χ0) is 36.3. The number of oxime groups is 1. The van der Waals surface area contributed by atoms with Gasteiger partial charge in [-0.15, -0.1) is 11.3 Å². The molecule has 3 aliphatic heterocycles. The molecule has 1 aromatic carbocycles. The molecule has 4 heterocycles. The number of thioether (sulfide) groups is 1. The summed E-state index contributed by atoms with van der Waals surface area (Å²) >= 11 is 7.84. The zero-order valence-electron chi connectivity index (χ0n) is 25.5. The van der Waals surface area contributed by atoms with Crippen molar-refractivity contribution < 1.29 is 54.0 Å². The number of nitrogen functional groups attached to an aromatic ring is 1. The number of hydrazone groups is 1. The maximum Gasteiger partial charge on any atom is 0.350 e. The predicted molar refractivity (Wildman–Crippen MR) is 174 cm³/mol. The van der Waals surface area contributed by atoms with Gasteiger partial charge in [0.1, 0.15) is 5.69 Å². The van der Waals surface area contributed by atoms with E-state index in [1.165, 1.54) is 10.3 Å². The Bertz CT molecular complexity index is 1920. The van der Waals surface area contributed by atoms with Crippen molar-refractivity contribution in [3.8, 4) is 11.5 Å². The number of aromatic nitrogens is 1. The van der Waals surface area contributed by atoms with Crippen molar-refractivity contribution in [1.29, 1.82) is 0 Å². The van der Waals surface area contributed by atoms with Crippen molar-refractivity contribution in [3.05, 3.63) is 33.8 Å². The molecule has 50 heavy (non-hydrogen) atoms. The molecule has 3 saturated heterocycles. The predicted octanol–water partition coefficient (Wildman–Crippen LogP) is 0.417. The van der Waals surface area contributed by atoms with Crippen molar-refractivity contribution in [2.75, 3.05) is 25.4 Å². The fraction of sp³-hybridized carbons (Fsp3) is 0.393. The number of carboxylic acid groups (broad SMARTS) is 2. The number of urea groups is 1. The molecule has 3 atom stereocenters. The monoisotopic (exact) mass is 750 g/mol. The van der Waals surface area contributed by atoms with Crippen LogP contribution in [-0.2, 0) is 28.8 Å². The number of nitrogens with two attached hydrogens (primary N) is 2. The number of phenolic OH excluding ortho intramolecular Hbond substituents is 2. The molecular formula is C28H27ClN8O11S2. The van der Waals surface area contributed by atoms with E-state index in [9.17, 15) is 49.2 Å². The zero-order valence-corrected chi connectivity index (χ0v) is 27.9. The number of ketones is 1. The van der Waals surface area contributed by atoms with E-state index >= 15 is 0 Å². The minimum absolute atomic E-state index is 0.0161. The first kappa shape index (κ1) is 34.7. The largest absolute Gasteiger partial charge is 0.504 e. The van der Waals surface area contributed by atoms with Crippen molar-refractivity contribution in [2.24, 2.45) is 21.9 Å². The molecule has 0 bridgehead atoms. The van der Waals surface area contributed by atoms with E-state index in [1.807, 2.05) is 0 Å². The third-order valence-electron chi connectivity index (χ3n) is 8.81. The van der Waals surface area contributed by atoms with E-state index in [-0.39, 0.29) is 48.0 Å². The lowest BCUT2D eigenvalue weighted by molar-refractivity contribution is -0.178. The Morgan fingerprint density at radius 2 is 1.82 bits per heavy atom. The van der Waals surface area contributed by atoms with Crippen LogP contribution in [0, 0.1) is 5.92 Å². The molecule has 1 unspecified atom stereocenters. The van der Waals surface area contributed by atoms with Crippen LogP contribution in [0.3, 0.4) is 0 Å². The van der Waals surface area contributed by atoms with Crippen LogP contribution in [0.2, 0.25) is 5.02 Å². The number of halogens is 1. The van der Waals surface area contributed by atoms with Crippen molar-refractivity contribution in [3.63, 3.8) is 0 Å². The van der Waals surface area contributed by atoms with E-state index in [4.69, 9.17) is 27.9 Å². The number of aromatic hydroxyl groups is 2. The van der Waals surface area contributed by atoms with Gasteiger partial charge in [-0.1, -0.05) is 28.5 Å². The first-order valence-corrected chi connectivity index (χ1v) is 16.9. The molecule has 1 aromatic heterocycles. The number of aliphatic carboxylic acids is 2. The highest BCUT2D eigenvalue weighted by molar-refractivity contribution is 8.02. The number of nitrogens with zero attached hydrogens (tertiary/aromatic N) is 6. The summed E-state index contributed by atoms with van der Waals surface area (Å²) in [6, 6.07) is 1.22. The Morgan fingerprint density at radius 3 is 2.40 bits per heavy atom. The van der Waals surface area contributed by atoms with Crippen molar-refractivity contribution >= 4 is 86.8 Å². The average Bonchev–Trinajstić information content (AvgIpc) is 3.74. The number of fused-ring (bicyclic) bond motifs is 1. The highest BCUT2D eigenvalue weighted by Gasteiger charge is 2.66. The summed E-state index contributed by atoms with van der Waals surface area (Å²) in [4.78, 5) is 87.0. The fourth-order valence-corrected chi connectivity index (χ4v) is 8.39. The standard InChI is InChI=1S/C28H27ClN8O11S2/c29-16-11(2-3-14(38)19(16)40)17(20(30)41)33-37-7-6-36(26(37)47)28(24(45)46)10-35-21(42)12(22(35)50-28)8-15(39)18(13-9-49-25(31)32-13)34-48-27(23(43)44)4-1-5-27/h2-3,9,12,22,38,40H,1,4-8,10H2,(H2,30,41)(H2,31,32)(H,43,44)(H,45,46)/b33-17-,34-18-/t12?,22-,28-/m1/s1. The number of Topliss-reactive ketones (excluding diaryl/α,β-unsaturated/α-hetero) is 1. The van der Waals surface area contributed by atoms with Gasteiger partial charge in [0.05, 0.1) is 29.4 Å². The average molecular weight is 751 g/mol. The lowest BCUT2D eigenvalue weighted by atomic mass is 9.80. The van der Waals surface area contributed by atoms with Crippen LogP contribution in [0.4, 0.5) is 9.93 Å². The van der Waals surface area contributed by atoms with Gasteiger partial charge >= 0.3 is 18.0 Å². The summed E-state index contributed by atoms with van der Waals surface area (Å²) in [7, 11) is 0. The van der Waals surface area contributed by atoms with Gasteiger partial charge in [-0.25, -0.2) is 24.4 Å². The summed E-state index contributed by atoms with van der Waals surface area (Å²) in [6.45, 7) is -0.841. The van der Waals surface area contributed by atoms with Crippen molar-refractivity contribution in [2.45, 2.75) is 41.5 Å². The lowest BCUT2D eigenvalue weighted by Gasteiger charge is -2.41. The molecule has 0 radical (unpaired) electrons. The first-order chi connectivity index (χ1) is 23.6. The minimum atomic E-state index is -2.01. The molecule has 2 aromatic rings. The lowest BCUT2D eigenvalue weighted by Crippen LogP contribution is -2.59.